The van der Waals surface area contributed by atoms with Crippen LogP contribution in [0, 0.1) is 6.92 Å². The first kappa shape index (κ1) is 14.4. The molecule has 1 heterocycles. The zero-order valence-corrected chi connectivity index (χ0v) is 11.6. The Labute approximate surface area is 107 Å². The summed E-state index contributed by atoms with van der Waals surface area (Å²) in [4.78, 5) is 25.7. The van der Waals surface area contributed by atoms with Crippen molar-refractivity contribution in [3.05, 3.63) is 33.7 Å². The third-order valence-electron chi connectivity index (χ3n) is 3.18. The average molecular weight is 252 g/mol. The molecule has 18 heavy (non-hydrogen) atoms. The van der Waals surface area contributed by atoms with Crippen LogP contribution in [-0.2, 0) is 11.8 Å². The van der Waals surface area contributed by atoms with Crippen molar-refractivity contribution in [2.45, 2.75) is 19.9 Å². The highest BCUT2D eigenvalue weighted by Crippen LogP contribution is 2.04. The van der Waals surface area contributed by atoms with E-state index in [0.717, 1.165) is 5.69 Å². The molecule has 0 aliphatic rings. The number of methoxy groups -OCH3 is 1. The van der Waals surface area contributed by atoms with Gasteiger partial charge in [-0.25, -0.2) is 0 Å². The van der Waals surface area contributed by atoms with E-state index >= 15 is 0 Å². The SMILES string of the molecule is COC[C@@H](C)N(C)C(=O)c1ccc(C)n(C)c1=O. The van der Waals surface area contributed by atoms with Gasteiger partial charge in [0.05, 0.1) is 12.6 Å². The van der Waals surface area contributed by atoms with Crippen molar-refractivity contribution in [3.8, 4) is 0 Å². The molecule has 100 valence electrons. The van der Waals surface area contributed by atoms with Crippen LogP contribution >= 0.6 is 0 Å². The van der Waals surface area contributed by atoms with E-state index in [2.05, 4.69) is 0 Å². The number of hydrogen-bond acceptors (Lipinski definition) is 3. The summed E-state index contributed by atoms with van der Waals surface area (Å²) in [6, 6.07) is 3.27. The lowest BCUT2D eigenvalue weighted by Crippen LogP contribution is -2.41. The zero-order valence-electron chi connectivity index (χ0n) is 11.6. The van der Waals surface area contributed by atoms with Crippen molar-refractivity contribution in [2.24, 2.45) is 7.05 Å². The topological polar surface area (TPSA) is 51.5 Å². The van der Waals surface area contributed by atoms with Crippen molar-refractivity contribution in [3.63, 3.8) is 0 Å². The zero-order chi connectivity index (χ0) is 13.9. The molecule has 1 amide bonds. The number of carbonyl (C=O) groups is 1. The van der Waals surface area contributed by atoms with E-state index < -0.39 is 0 Å². The monoisotopic (exact) mass is 252 g/mol. The second-order valence-electron chi connectivity index (χ2n) is 4.47. The molecular formula is C13H20N2O3. The smallest absolute Gasteiger partial charge is 0.263 e. The Kier molecular flexibility index (Phi) is 4.67. The number of amides is 1. The van der Waals surface area contributed by atoms with Crippen LogP contribution in [0.15, 0.2) is 16.9 Å². The Morgan fingerprint density at radius 3 is 2.67 bits per heavy atom. The molecule has 5 nitrogen and oxygen atoms in total. The van der Waals surface area contributed by atoms with Crippen molar-refractivity contribution in [1.29, 1.82) is 0 Å². The fraction of sp³-hybridized carbons (Fsp3) is 0.538. The first-order valence-corrected chi connectivity index (χ1v) is 5.82. The van der Waals surface area contributed by atoms with Crippen molar-refractivity contribution in [2.75, 3.05) is 20.8 Å². The molecule has 5 heteroatoms. The minimum absolute atomic E-state index is 0.0755. The maximum absolute atomic E-state index is 12.2. The van der Waals surface area contributed by atoms with E-state index in [1.54, 1.807) is 33.3 Å². The van der Waals surface area contributed by atoms with Crippen LogP contribution in [0.4, 0.5) is 0 Å². The maximum Gasteiger partial charge on any atom is 0.263 e. The van der Waals surface area contributed by atoms with E-state index in [-0.39, 0.29) is 23.1 Å². The van der Waals surface area contributed by atoms with Gasteiger partial charge in [-0.05, 0) is 26.0 Å². The molecule has 0 N–H and O–H groups in total. The highest BCUT2D eigenvalue weighted by atomic mass is 16.5. The van der Waals surface area contributed by atoms with E-state index in [0.29, 0.717) is 6.61 Å². The van der Waals surface area contributed by atoms with Gasteiger partial charge < -0.3 is 14.2 Å². The van der Waals surface area contributed by atoms with E-state index in [1.807, 2.05) is 13.8 Å². The van der Waals surface area contributed by atoms with Crippen LogP contribution in [0.3, 0.4) is 0 Å². The van der Waals surface area contributed by atoms with Gasteiger partial charge in [0.25, 0.3) is 11.5 Å². The van der Waals surface area contributed by atoms with E-state index in [4.69, 9.17) is 4.74 Å². The first-order chi connectivity index (χ1) is 8.40. The molecule has 0 unspecified atom stereocenters. The summed E-state index contributed by atoms with van der Waals surface area (Å²) < 4.78 is 6.48. The second kappa shape index (κ2) is 5.82. The molecule has 1 aromatic rings. The van der Waals surface area contributed by atoms with Gasteiger partial charge in [-0.3, -0.25) is 9.59 Å². The third kappa shape index (κ3) is 2.79. The van der Waals surface area contributed by atoms with Crippen molar-refractivity contribution in [1.82, 2.24) is 9.47 Å². The number of ether oxygens (including phenoxy) is 1. The van der Waals surface area contributed by atoms with Crippen LogP contribution < -0.4 is 5.56 Å². The molecule has 0 spiro atoms. The molecule has 1 rings (SSSR count). The fourth-order valence-electron chi connectivity index (χ4n) is 1.63. The summed E-state index contributed by atoms with van der Waals surface area (Å²) in [7, 11) is 4.91. The quantitative estimate of drug-likeness (QED) is 0.796. The summed E-state index contributed by atoms with van der Waals surface area (Å²) >= 11 is 0. The van der Waals surface area contributed by atoms with Crippen molar-refractivity contribution < 1.29 is 9.53 Å². The van der Waals surface area contributed by atoms with Crippen molar-refractivity contribution >= 4 is 5.91 Å². The number of aromatic nitrogens is 1. The molecule has 0 radical (unpaired) electrons. The number of aryl methyl sites for hydroxylation is 1. The van der Waals surface area contributed by atoms with Crippen LogP contribution in [0.1, 0.15) is 23.0 Å². The summed E-state index contributed by atoms with van der Waals surface area (Å²) in [5, 5.41) is 0. The molecule has 1 aromatic heterocycles. The molecule has 1 atom stereocenters. The molecule has 0 saturated heterocycles. The van der Waals surface area contributed by atoms with Gasteiger partial charge in [-0.15, -0.1) is 0 Å². The summed E-state index contributed by atoms with van der Waals surface area (Å²) in [6.07, 6.45) is 0. The Balaban J connectivity index is 3.05. The maximum atomic E-state index is 12.2. The molecular weight excluding hydrogens is 232 g/mol. The van der Waals surface area contributed by atoms with Gasteiger partial charge in [-0.2, -0.15) is 0 Å². The Morgan fingerprint density at radius 2 is 2.11 bits per heavy atom. The summed E-state index contributed by atoms with van der Waals surface area (Å²) in [6.45, 7) is 4.14. The van der Waals surface area contributed by atoms with Crippen LogP contribution in [-0.4, -0.2) is 42.2 Å². The standard InChI is InChI=1S/C13H20N2O3/c1-9-6-7-11(12(16)14(9)3)13(17)15(4)10(2)8-18-5/h6-7,10H,8H2,1-5H3/t10-/m1/s1. The number of carbonyl (C=O) groups excluding carboxylic acids is 1. The molecule has 0 aliphatic heterocycles. The van der Waals surface area contributed by atoms with E-state index in [9.17, 15) is 9.59 Å². The fourth-order valence-corrected chi connectivity index (χ4v) is 1.63. The minimum atomic E-state index is -0.278. The number of likely N-dealkylation sites (N-methyl/N-ethyl adjacent to an activating group) is 1. The molecule has 0 bridgehead atoms. The number of hydrogen-bond donors (Lipinski definition) is 0. The number of nitrogens with zero attached hydrogens (tertiary/aromatic N) is 2. The number of rotatable bonds is 4. The number of pyridine rings is 1. The lowest BCUT2D eigenvalue weighted by molar-refractivity contribution is 0.0631. The predicted molar refractivity (Wildman–Crippen MR) is 69.9 cm³/mol. The molecule has 0 aromatic carbocycles. The Morgan fingerprint density at radius 1 is 1.50 bits per heavy atom. The first-order valence-electron chi connectivity index (χ1n) is 5.82. The summed E-state index contributed by atoms with van der Waals surface area (Å²) in [5.41, 5.74) is 0.745. The van der Waals surface area contributed by atoms with Gasteiger partial charge in [0.15, 0.2) is 0 Å². The van der Waals surface area contributed by atoms with Gasteiger partial charge in [0, 0.05) is 26.9 Å². The van der Waals surface area contributed by atoms with Gasteiger partial charge in [0.2, 0.25) is 0 Å². The second-order valence-corrected chi connectivity index (χ2v) is 4.47. The molecule has 0 fully saturated rings. The van der Waals surface area contributed by atoms with Crippen LogP contribution in [0.2, 0.25) is 0 Å². The molecule has 0 saturated carbocycles. The molecule has 0 aliphatic carbocycles. The highest BCUT2D eigenvalue weighted by Gasteiger charge is 2.20. The lowest BCUT2D eigenvalue weighted by Gasteiger charge is -2.24. The Bertz CT molecular complexity index is 493. The highest BCUT2D eigenvalue weighted by molar-refractivity contribution is 5.93. The van der Waals surface area contributed by atoms with Crippen LogP contribution in [0.5, 0.6) is 0 Å². The predicted octanol–water partition coefficient (Wildman–Crippen LogP) is 0.801. The van der Waals surface area contributed by atoms with Gasteiger partial charge in [0.1, 0.15) is 5.56 Å². The van der Waals surface area contributed by atoms with E-state index in [1.165, 1.54) is 9.47 Å². The normalized spacial score (nSPS) is 12.3. The largest absolute Gasteiger partial charge is 0.383 e. The minimum Gasteiger partial charge on any atom is -0.383 e. The third-order valence-corrected chi connectivity index (χ3v) is 3.18. The van der Waals surface area contributed by atoms with Gasteiger partial charge in [-0.1, -0.05) is 0 Å². The average Bonchev–Trinajstić information content (AvgIpc) is 2.35. The van der Waals surface area contributed by atoms with Crippen LogP contribution in [0.25, 0.3) is 0 Å². The lowest BCUT2D eigenvalue weighted by atomic mass is 10.2. The summed E-state index contributed by atoms with van der Waals surface area (Å²) in [5.74, 6) is -0.278. The van der Waals surface area contributed by atoms with Gasteiger partial charge >= 0.3 is 0 Å². The Hall–Kier alpha value is -1.62.